The van der Waals surface area contributed by atoms with Crippen LogP contribution in [-0.2, 0) is 9.59 Å². The number of likely N-dealkylation sites (tertiary alicyclic amines) is 1. The summed E-state index contributed by atoms with van der Waals surface area (Å²) in [5.74, 6) is 0.0680. The first-order chi connectivity index (χ1) is 13.0. The number of fused-ring (bicyclic) bond motifs is 1. The zero-order valence-electron chi connectivity index (χ0n) is 15.3. The maximum Gasteiger partial charge on any atom is 0.354 e. The topological polar surface area (TPSA) is 93.4 Å². The summed E-state index contributed by atoms with van der Waals surface area (Å²) in [7, 11) is 0. The fourth-order valence-electron chi connectivity index (χ4n) is 2.76. The number of amides is 1. The second-order valence-corrected chi connectivity index (χ2v) is 9.63. The van der Waals surface area contributed by atoms with Gasteiger partial charge in [0.05, 0.1) is 16.0 Å². The molecule has 0 aromatic carbocycles. The number of amidine groups is 1. The Balaban J connectivity index is 0.000000478. The van der Waals surface area contributed by atoms with Crippen LogP contribution in [0.5, 0.6) is 0 Å². The van der Waals surface area contributed by atoms with Crippen molar-refractivity contribution in [2.45, 2.75) is 30.4 Å². The number of hydrogen-bond acceptors (Lipinski definition) is 8. The molecule has 4 aliphatic rings. The van der Waals surface area contributed by atoms with Gasteiger partial charge in [0.1, 0.15) is 0 Å². The van der Waals surface area contributed by atoms with Crippen LogP contribution in [0.2, 0.25) is 0 Å². The quantitative estimate of drug-likeness (QED) is 0.519. The molecule has 7 nitrogen and oxygen atoms in total. The number of rotatable bonds is 3. The number of aliphatic hydroxyl groups excluding tert-OH is 1. The number of aliphatic hydroxyl groups is 1. The Labute approximate surface area is 172 Å². The molecule has 0 spiro atoms. The maximum atomic E-state index is 11.6. The molecule has 1 atom stereocenters. The van der Waals surface area contributed by atoms with Gasteiger partial charge in [0.25, 0.3) is 0 Å². The van der Waals surface area contributed by atoms with Crippen LogP contribution in [0.3, 0.4) is 0 Å². The van der Waals surface area contributed by atoms with E-state index in [2.05, 4.69) is 23.1 Å². The fraction of sp³-hybridized carbons (Fsp3) is 0.588. The van der Waals surface area contributed by atoms with E-state index < -0.39 is 5.97 Å². The van der Waals surface area contributed by atoms with Crippen LogP contribution in [0.25, 0.3) is 0 Å². The van der Waals surface area contributed by atoms with Crippen molar-refractivity contribution in [3.63, 3.8) is 0 Å². The molecule has 150 valence electrons. The number of hydrogen-bond donors (Lipinski definition) is 2. The second kappa shape index (κ2) is 10.4. The Morgan fingerprint density at radius 3 is 2.59 bits per heavy atom. The Kier molecular flexibility index (Phi) is 8.59. The number of nitrogens with zero attached hydrogens (tertiary/aromatic N) is 3. The zero-order valence-corrected chi connectivity index (χ0v) is 17.7. The first-order valence-corrected chi connectivity index (χ1v) is 11.5. The zero-order chi connectivity index (χ0) is 20.0. The highest BCUT2D eigenvalue weighted by Crippen LogP contribution is 2.52. The number of β-lactam (4-membered cyclic amide) rings is 1. The average molecular weight is 432 g/mol. The second-order valence-electron chi connectivity index (χ2n) is 5.81. The Morgan fingerprint density at radius 1 is 1.41 bits per heavy atom. The van der Waals surface area contributed by atoms with Gasteiger partial charge < -0.3 is 15.1 Å². The molecule has 0 saturated carbocycles. The molecule has 1 unspecified atom stereocenters. The molecule has 10 heteroatoms. The van der Waals surface area contributed by atoms with Gasteiger partial charge in [-0.3, -0.25) is 14.7 Å². The molecule has 0 aromatic heterocycles. The molecular formula is C17H25N3O4S3. The minimum Gasteiger partial charge on any atom is -0.477 e. The summed E-state index contributed by atoms with van der Waals surface area (Å²) in [4.78, 5) is 31.3. The lowest BCUT2D eigenvalue weighted by molar-refractivity contribution is -0.145. The summed E-state index contributed by atoms with van der Waals surface area (Å²) in [6.07, 6.45) is 1.60. The fourth-order valence-corrected chi connectivity index (χ4v) is 6.90. The monoisotopic (exact) mass is 431 g/mol. The van der Waals surface area contributed by atoms with Crippen molar-refractivity contribution < 1.29 is 19.8 Å². The molecule has 0 bridgehead atoms. The third-order valence-electron chi connectivity index (χ3n) is 3.96. The van der Waals surface area contributed by atoms with Crippen molar-refractivity contribution in [2.24, 2.45) is 4.99 Å². The van der Waals surface area contributed by atoms with Gasteiger partial charge in [-0.2, -0.15) is 0 Å². The highest BCUT2D eigenvalue weighted by Gasteiger charge is 2.49. The lowest BCUT2D eigenvalue weighted by Crippen LogP contribution is -2.51. The van der Waals surface area contributed by atoms with Crippen LogP contribution in [-0.4, -0.2) is 79.7 Å². The molecule has 2 N–H and O–H groups in total. The van der Waals surface area contributed by atoms with Crippen molar-refractivity contribution in [3.05, 3.63) is 23.1 Å². The molecule has 0 aliphatic carbocycles. The average Bonchev–Trinajstić information content (AvgIpc) is 2.93. The van der Waals surface area contributed by atoms with Gasteiger partial charge in [0.2, 0.25) is 5.91 Å². The van der Waals surface area contributed by atoms with Crippen LogP contribution in [0.15, 0.2) is 28.1 Å². The standard InChI is InChI=1S/C13H15N3O3S3.C2H6O.C2H4/c17-8-4-9-16(8)10(11(18)19)12(22-9)21-7-5-15(6-7)13-14-2-1-3-20-13;1-2-3;1-2/h7,9H,1-6H2,(H,18,19);3H,2H2,1H3;1-2H2. The molecule has 1 amide bonds. The number of carboxylic acids is 1. The summed E-state index contributed by atoms with van der Waals surface area (Å²) >= 11 is 4.95. The van der Waals surface area contributed by atoms with E-state index in [0.717, 1.165) is 41.2 Å². The summed E-state index contributed by atoms with van der Waals surface area (Å²) in [5.41, 5.74) is 0.194. The summed E-state index contributed by atoms with van der Waals surface area (Å²) < 4.78 is 0.797. The lowest BCUT2D eigenvalue weighted by Gasteiger charge is -2.41. The van der Waals surface area contributed by atoms with Gasteiger partial charge in [-0.25, -0.2) is 4.79 Å². The Bertz CT molecular complexity index is 635. The van der Waals surface area contributed by atoms with Crippen molar-refractivity contribution in [1.82, 2.24) is 9.80 Å². The molecule has 4 heterocycles. The van der Waals surface area contributed by atoms with E-state index in [9.17, 15) is 14.7 Å². The highest BCUT2D eigenvalue weighted by atomic mass is 32.2. The number of aliphatic imine (C=N–C) groups is 1. The molecule has 2 fully saturated rings. The van der Waals surface area contributed by atoms with E-state index in [0.29, 0.717) is 11.7 Å². The largest absolute Gasteiger partial charge is 0.477 e. The first-order valence-electron chi connectivity index (χ1n) is 8.71. The van der Waals surface area contributed by atoms with E-state index >= 15 is 0 Å². The molecule has 4 rings (SSSR count). The third kappa shape index (κ3) is 5.04. The Morgan fingerprint density at radius 2 is 2.07 bits per heavy atom. The van der Waals surface area contributed by atoms with E-state index in [1.165, 1.54) is 16.7 Å². The summed E-state index contributed by atoms with van der Waals surface area (Å²) in [6.45, 7) is 10.7. The minimum atomic E-state index is -0.992. The van der Waals surface area contributed by atoms with Crippen LogP contribution in [0, 0.1) is 0 Å². The van der Waals surface area contributed by atoms with Crippen LogP contribution in [0.4, 0.5) is 0 Å². The van der Waals surface area contributed by atoms with Gasteiger partial charge in [-0.15, -0.1) is 24.9 Å². The normalized spacial score (nSPS) is 23.9. The Hall–Kier alpha value is -1.10. The SMILES string of the molecule is C=C.CCO.O=C(O)C1=C(SC2CN(C3=NCCCS3)C2)SC2CC(=O)N12. The van der Waals surface area contributed by atoms with Crippen molar-refractivity contribution in [3.8, 4) is 0 Å². The van der Waals surface area contributed by atoms with Gasteiger partial charge in [0, 0.05) is 37.2 Å². The maximum absolute atomic E-state index is 11.6. The van der Waals surface area contributed by atoms with Crippen molar-refractivity contribution >= 4 is 52.3 Å². The molecule has 2 saturated heterocycles. The minimum absolute atomic E-state index is 0.00977. The predicted molar refractivity (Wildman–Crippen MR) is 114 cm³/mol. The highest BCUT2D eigenvalue weighted by molar-refractivity contribution is 8.23. The van der Waals surface area contributed by atoms with Gasteiger partial charge >= 0.3 is 5.97 Å². The molecule has 0 radical (unpaired) electrons. The lowest BCUT2D eigenvalue weighted by atomic mass is 10.2. The molecule has 4 aliphatic heterocycles. The molecule has 27 heavy (non-hydrogen) atoms. The third-order valence-corrected chi connectivity index (χ3v) is 7.77. The van der Waals surface area contributed by atoms with Crippen LogP contribution < -0.4 is 0 Å². The van der Waals surface area contributed by atoms with E-state index in [1.807, 2.05) is 11.8 Å². The molecular weight excluding hydrogens is 406 g/mol. The number of aliphatic carboxylic acids is 1. The van der Waals surface area contributed by atoms with Gasteiger partial charge in [-0.05, 0) is 13.3 Å². The summed E-state index contributed by atoms with van der Waals surface area (Å²) in [6, 6.07) is 0. The van der Waals surface area contributed by atoms with Crippen molar-refractivity contribution in [1.29, 1.82) is 0 Å². The van der Waals surface area contributed by atoms with E-state index in [1.54, 1.807) is 18.7 Å². The predicted octanol–water partition coefficient (Wildman–Crippen LogP) is 2.26. The van der Waals surface area contributed by atoms with Crippen LogP contribution >= 0.6 is 35.3 Å². The summed E-state index contributed by atoms with van der Waals surface area (Å²) in [5, 5.41) is 18.5. The van der Waals surface area contributed by atoms with Gasteiger partial charge in [0.15, 0.2) is 10.9 Å². The number of carboxylic acid groups (broad SMARTS) is 1. The van der Waals surface area contributed by atoms with E-state index in [-0.39, 0.29) is 23.6 Å². The smallest absolute Gasteiger partial charge is 0.354 e. The number of carbonyl (C=O) groups excluding carboxylic acids is 1. The van der Waals surface area contributed by atoms with Crippen molar-refractivity contribution in [2.75, 3.05) is 32.0 Å². The number of thioether (sulfide) groups is 3. The van der Waals surface area contributed by atoms with Gasteiger partial charge in [-0.1, -0.05) is 23.5 Å². The van der Waals surface area contributed by atoms with Crippen LogP contribution in [0.1, 0.15) is 19.8 Å². The van der Waals surface area contributed by atoms with E-state index in [4.69, 9.17) is 5.11 Å². The number of carbonyl (C=O) groups is 2. The molecule has 0 aromatic rings. The first kappa shape index (κ1) is 22.2.